The van der Waals surface area contributed by atoms with Crippen molar-refractivity contribution < 1.29 is 0 Å². The summed E-state index contributed by atoms with van der Waals surface area (Å²) in [4.78, 5) is 1.33. The minimum atomic E-state index is 0.294. The smallest absolute Gasteiger partial charge is 0.0534 e. The lowest BCUT2D eigenvalue weighted by Crippen LogP contribution is -2.21. The molecule has 2 N–H and O–H groups in total. The van der Waals surface area contributed by atoms with Gasteiger partial charge in [0.05, 0.1) is 6.20 Å². The van der Waals surface area contributed by atoms with Crippen LogP contribution in [-0.4, -0.2) is 10.2 Å². The normalized spacial score (nSPS) is 14.9. The Morgan fingerprint density at radius 3 is 2.81 bits per heavy atom. The molecule has 0 spiro atoms. The third-order valence-electron chi connectivity index (χ3n) is 2.56. The summed E-state index contributed by atoms with van der Waals surface area (Å²) in [7, 11) is 0. The van der Waals surface area contributed by atoms with Gasteiger partial charge in [-0.15, -0.1) is 11.3 Å². The maximum atomic E-state index is 3.96. The van der Waals surface area contributed by atoms with Gasteiger partial charge < -0.3 is 5.32 Å². The largest absolute Gasteiger partial charge is 0.303 e. The van der Waals surface area contributed by atoms with Crippen molar-refractivity contribution in [1.82, 2.24) is 15.5 Å². The Hall–Kier alpha value is -0.650. The Kier molecular flexibility index (Phi) is 3.78. The summed E-state index contributed by atoms with van der Waals surface area (Å²) in [5, 5.41) is 12.4. The first-order chi connectivity index (χ1) is 7.68. The molecule has 0 aliphatic heterocycles. The monoisotopic (exact) mass is 299 g/mol. The molecule has 0 aromatic carbocycles. The number of halogens is 1. The van der Waals surface area contributed by atoms with Crippen LogP contribution < -0.4 is 5.32 Å². The zero-order chi connectivity index (χ0) is 11.5. The first kappa shape index (κ1) is 11.8. The molecule has 0 aliphatic rings. The van der Waals surface area contributed by atoms with E-state index in [2.05, 4.69) is 56.7 Å². The van der Waals surface area contributed by atoms with Gasteiger partial charge in [-0.2, -0.15) is 5.10 Å². The second-order valence-corrected chi connectivity index (χ2v) is 5.58. The average Bonchev–Trinajstić information content (AvgIpc) is 2.86. The molecule has 2 atom stereocenters. The molecule has 5 heteroatoms. The molecule has 0 amide bonds. The van der Waals surface area contributed by atoms with E-state index in [0.717, 1.165) is 0 Å². The van der Waals surface area contributed by atoms with Gasteiger partial charge in [0.25, 0.3) is 0 Å². The Morgan fingerprint density at radius 2 is 2.25 bits per heavy atom. The van der Waals surface area contributed by atoms with E-state index in [9.17, 15) is 0 Å². The molecule has 86 valence electrons. The van der Waals surface area contributed by atoms with Gasteiger partial charge in [0.1, 0.15) is 0 Å². The number of hydrogen-bond acceptors (Lipinski definition) is 3. The Morgan fingerprint density at radius 1 is 1.44 bits per heavy atom. The van der Waals surface area contributed by atoms with Crippen LogP contribution in [0.3, 0.4) is 0 Å². The van der Waals surface area contributed by atoms with Crippen molar-refractivity contribution in [2.45, 2.75) is 25.9 Å². The maximum Gasteiger partial charge on any atom is 0.0534 e. The topological polar surface area (TPSA) is 40.7 Å². The van der Waals surface area contributed by atoms with Crippen molar-refractivity contribution in [1.29, 1.82) is 0 Å². The molecule has 2 heterocycles. The van der Waals surface area contributed by atoms with Gasteiger partial charge in [0.15, 0.2) is 0 Å². The summed E-state index contributed by atoms with van der Waals surface area (Å²) in [5.74, 6) is 0. The van der Waals surface area contributed by atoms with E-state index in [4.69, 9.17) is 0 Å². The molecular weight excluding hydrogens is 286 g/mol. The fourth-order valence-electron chi connectivity index (χ4n) is 1.66. The summed E-state index contributed by atoms with van der Waals surface area (Å²) in [6.07, 6.45) is 3.78. The van der Waals surface area contributed by atoms with Crippen LogP contribution in [-0.2, 0) is 0 Å². The van der Waals surface area contributed by atoms with Crippen LogP contribution >= 0.6 is 27.3 Å². The highest BCUT2D eigenvalue weighted by Gasteiger charge is 2.14. The van der Waals surface area contributed by atoms with Gasteiger partial charge >= 0.3 is 0 Å². The van der Waals surface area contributed by atoms with Gasteiger partial charge in [0.2, 0.25) is 0 Å². The summed E-state index contributed by atoms with van der Waals surface area (Å²) >= 11 is 5.32. The van der Waals surface area contributed by atoms with Crippen LogP contribution in [0.15, 0.2) is 28.3 Å². The van der Waals surface area contributed by atoms with E-state index in [-0.39, 0.29) is 0 Å². The van der Waals surface area contributed by atoms with E-state index >= 15 is 0 Å². The summed E-state index contributed by atoms with van der Waals surface area (Å²) < 4.78 is 1.18. The first-order valence-electron chi connectivity index (χ1n) is 5.16. The number of aromatic nitrogens is 2. The van der Waals surface area contributed by atoms with Crippen LogP contribution in [0.25, 0.3) is 0 Å². The lowest BCUT2D eigenvalue weighted by Gasteiger charge is -2.18. The second-order valence-electron chi connectivity index (χ2n) is 3.77. The Balaban J connectivity index is 2.03. The molecule has 2 aromatic heterocycles. The molecular formula is C11H14BrN3S. The first-order valence-corrected chi connectivity index (χ1v) is 6.83. The maximum absolute atomic E-state index is 3.96. The van der Waals surface area contributed by atoms with E-state index in [0.29, 0.717) is 12.1 Å². The number of nitrogens with one attached hydrogen (secondary N) is 2. The van der Waals surface area contributed by atoms with E-state index < -0.39 is 0 Å². The van der Waals surface area contributed by atoms with Gasteiger partial charge in [-0.05, 0) is 41.2 Å². The number of rotatable bonds is 4. The summed E-state index contributed by atoms with van der Waals surface area (Å²) in [6, 6.07) is 2.71. The van der Waals surface area contributed by atoms with Crippen molar-refractivity contribution >= 4 is 27.3 Å². The number of aromatic amines is 1. The molecule has 0 bridgehead atoms. The highest BCUT2D eigenvalue weighted by atomic mass is 79.9. The van der Waals surface area contributed by atoms with Crippen molar-refractivity contribution in [2.24, 2.45) is 0 Å². The zero-order valence-corrected chi connectivity index (χ0v) is 11.6. The highest BCUT2D eigenvalue weighted by molar-refractivity contribution is 9.10. The Bertz CT molecular complexity index is 438. The number of H-pyrrole nitrogens is 1. The van der Waals surface area contributed by atoms with E-state index in [1.807, 2.05) is 12.4 Å². The molecule has 0 radical (unpaired) electrons. The zero-order valence-electron chi connectivity index (χ0n) is 9.20. The quantitative estimate of drug-likeness (QED) is 0.905. The van der Waals surface area contributed by atoms with Gasteiger partial charge in [-0.1, -0.05) is 0 Å². The molecule has 0 saturated carbocycles. The van der Waals surface area contributed by atoms with Crippen molar-refractivity contribution in [3.63, 3.8) is 0 Å². The molecule has 2 rings (SSSR count). The minimum absolute atomic E-state index is 0.294. The van der Waals surface area contributed by atoms with E-state index in [1.165, 1.54) is 14.9 Å². The van der Waals surface area contributed by atoms with E-state index in [1.54, 1.807) is 11.3 Å². The predicted octanol–water partition coefficient (Wildman–Crippen LogP) is 3.65. The Labute approximate surface area is 107 Å². The van der Waals surface area contributed by atoms with Crippen LogP contribution in [0.5, 0.6) is 0 Å². The van der Waals surface area contributed by atoms with Crippen LogP contribution in [0.4, 0.5) is 0 Å². The average molecular weight is 300 g/mol. The molecule has 3 nitrogen and oxygen atoms in total. The van der Waals surface area contributed by atoms with Crippen LogP contribution in [0.2, 0.25) is 0 Å². The molecule has 0 saturated heterocycles. The third kappa shape index (κ3) is 2.53. The summed E-state index contributed by atoms with van der Waals surface area (Å²) in [6.45, 7) is 4.32. The molecule has 16 heavy (non-hydrogen) atoms. The number of thiophene rings is 1. The van der Waals surface area contributed by atoms with Gasteiger partial charge in [-0.3, -0.25) is 5.10 Å². The third-order valence-corrected chi connectivity index (χ3v) is 4.61. The fraction of sp³-hybridized carbons (Fsp3) is 0.364. The highest BCUT2D eigenvalue weighted by Crippen LogP contribution is 2.30. The van der Waals surface area contributed by atoms with Crippen molar-refractivity contribution in [3.05, 3.63) is 38.8 Å². The van der Waals surface area contributed by atoms with Crippen molar-refractivity contribution in [3.8, 4) is 0 Å². The lowest BCUT2D eigenvalue weighted by molar-refractivity contribution is 0.499. The van der Waals surface area contributed by atoms with Crippen molar-refractivity contribution in [2.75, 3.05) is 0 Å². The second kappa shape index (κ2) is 5.12. The summed E-state index contributed by atoms with van der Waals surface area (Å²) in [5.41, 5.74) is 1.18. The molecule has 2 unspecified atom stereocenters. The number of nitrogens with zero attached hydrogens (tertiary/aromatic N) is 1. The molecule has 0 aliphatic carbocycles. The predicted molar refractivity (Wildman–Crippen MR) is 70.6 cm³/mol. The number of hydrogen-bond donors (Lipinski definition) is 2. The van der Waals surface area contributed by atoms with Gasteiger partial charge in [0, 0.05) is 33.2 Å². The van der Waals surface area contributed by atoms with Crippen LogP contribution in [0.1, 0.15) is 36.4 Å². The fourth-order valence-corrected chi connectivity index (χ4v) is 3.39. The minimum Gasteiger partial charge on any atom is -0.303 e. The SMILES string of the molecule is CC(NC(C)c1sccc1Br)c1cn[nH]c1. The van der Waals surface area contributed by atoms with Crippen LogP contribution in [0, 0.1) is 0 Å². The standard InChI is InChI=1S/C11H14BrN3S/c1-7(9-5-13-14-6-9)15-8(2)11-10(12)3-4-16-11/h3-8,15H,1-2H3,(H,13,14). The van der Waals surface area contributed by atoms with Gasteiger partial charge in [-0.25, -0.2) is 0 Å². The lowest BCUT2D eigenvalue weighted by atomic mass is 10.1. The molecule has 0 fully saturated rings. The molecule has 2 aromatic rings.